The SMILES string of the molecule is CNS(=O)(=O)c1cccc(NCc2cnn(Cc3ccccc3)c2)c1. The van der Waals surface area contributed by atoms with Crippen LogP contribution >= 0.6 is 0 Å². The van der Waals surface area contributed by atoms with Gasteiger partial charge in [0.05, 0.1) is 17.6 Å². The van der Waals surface area contributed by atoms with Crippen molar-refractivity contribution in [2.24, 2.45) is 0 Å². The smallest absolute Gasteiger partial charge is 0.240 e. The molecule has 25 heavy (non-hydrogen) atoms. The minimum Gasteiger partial charge on any atom is -0.381 e. The van der Waals surface area contributed by atoms with Crippen molar-refractivity contribution in [2.45, 2.75) is 18.0 Å². The van der Waals surface area contributed by atoms with Gasteiger partial charge in [-0.25, -0.2) is 13.1 Å². The van der Waals surface area contributed by atoms with Crippen molar-refractivity contribution < 1.29 is 8.42 Å². The molecule has 7 heteroatoms. The summed E-state index contributed by atoms with van der Waals surface area (Å²) in [6.07, 6.45) is 3.79. The number of nitrogens with zero attached hydrogens (tertiary/aromatic N) is 2. The summed E-state index contributed by atoms with van der Waals surface area (Å²) in [6, 6.07) is 16.9. The van der Waals surface area contributed by atoms with Crippen molar-refractivity contribution in [3.63, 3.8) is 0 Å². The van der Waals surface area contributed by atoms with E-state index in [1.54, 1.807) is 18.2 Å². The Hall–Kier alpha value is -2.64. The molecule has 0 aliphatic carbocycles. The van der Waals surface area contributed by atoms with Crippen LogP contribution < -0.4 is 10.0 Å². The minimum absolute atomic E-state index is 0.236. The lowest BCUT2D eigenvalue weighted by Crippen LogP contribution is -2.18. The molecule has 1 heterocycles. The normalized spacial score (nSPS) is 11.4. The van der Waals surface area contributed by atoms with Gasteiger partial charge in [0, 0.05) is 24.0 Å². The molecule has 2 aromatic carbocycles. The molecule has 0 unspecified atom stereocenters. The Bertz CT molecular complexity index is 936. The zero-order valence-electron chi connectivity index (χ0n) is 13.9. The Morgan fingerprint density at radius 2 is 1.84 bits per heavy atom. The second kappa shape index (κ2) is 7.50. The predicted octanol–water partition coefficient (Wildman–Crippen LogP) is 2.45. The Labute approximate surface area is 147 Å². The third-order valence-electron chi connectivity index (χ3n) is 3.78. The molecule has 130 valence electrons. The van der Waals surface area contributed by atoms with Crippen LogP contribution in [0.3, 0.4) is 0 Å². The maximum atomic E-state index is 11.9. The van der Waals surface area contributed by atoms with E-state index in [-0.39, 0.29) is 4.90 Å². The first-order valence-electron chi connectivity index (χ1n) is 7.89. The van der Waals surface area contributed by atoms with Gasteiger partial charge in [-0.05, 0) is 30.8 Å². The summed E-state index contributed by atoms with van der Waals surface area (Å²) < 4.78 is 27.9. The maximum Gasteiger partial charge on any atom is 0.240 e. The Morgan fingerprint density at radius 3 is 2.60 bits per heavy atom. The number of sulfonamides is 1. The summed E-state index contributed by atoms with van der Waals surface area (Å²) in [7, 11) is -2.04. The van der Waals surface area contributed by atoms with Gasteiger partial charge in [0.2, 0.25) is 10.0 Å². The zero-order chi connectivity index (χ0) is 17.7. The monoisotopic (exact) mass is 356 g/mol. The van der Waals surface area contributed by atoms with Gasteiger partial charge in [-0.3, -0.25) is 4.68 Å². The van der Waals surface area contributed by atoms with Crippen molar-refractivity contribution in [1.82, 2.24) is 14.5 Å². The third kappa shape index (κ3) is 4.46. The number of hydrogen-bond donors (Lipinski definition) is 2. The molecule has 2 N–H and O–H groups in total. The molecule has 1 aromatic heterocycles. The van der Waals surface area contributed by atoms with Gasteiger partial charge in [-0.1, -0.05) is 36.4 Å². The van der Waals surface area contributed by atoms with Crippen LogP contribution in [0.1, 0.15) is 11.1 Å². The van der Waals surface area contributed by atoms with Crippen LogP contribution in [-0.2, 0) is 23.1 Å². The van der Waals surface area contributed by atoms with Crippen LogP contribution in [0.4, 0.5) is 5.69 Å². The molecule has 0 amide bonds. The van der Waals surface area contributed by atoms with Gasteiger partial charge in [0.25, 0.3) is 0 Å². The Kier molecular flexibility index (Phi) is 5.16. The van der Waals surface area contributed by atoms with E-state index in [1.165, 1.54) is 12.6 Å². The van der Waals surface area contributed by atoms with E-state index in [4.69, 9.17) is 0 Å². The van der Waals surface area contributed by atoms with E-state index in [1.807, 2.05) is 41.3 Å². The fourth-order valence-corrected chi connectivity index (χ4v) is 3.23. The van der Waals surface area contributed by atoms with Crippen molar-refractivity contribution in [1.29, 1.82) is 0 Å². The average Bonchev–Trinajstić information content (AvgIpc) is 3.08. The Morgan fingerprint density at radius 1 is 1.04 bits per heavy atom. The third-order valence-corrected chi connectivity index (χ3v) is 5.20. The Balaban J connectivity index is 1.64. The second-order valence-electron chi connectivity index (χ2n) is 5.62. The lowest BCUT2D eigenvalue weighted by Gasteiger charge is -2.07. The number of aromatic nitrogens is 2. The zero-order valence-corrected chi connectivity index (χ0v) is 14.7. The molecule has 0 fully saturated rings. The van der Waals surface area contributed by atoms with E-state index >= 15 is 0 Å². The summed E-state index contributed by atoms with van der Waals surface area (Å²) >= 11 is 0. The first-order valence-corrected chi connectivity index (χ1v) is 9.38. The van der Waals surface area contributed by atoms with Gasteiger partial charge >= 0.3 is 0 Å². The van der Waals surface area contributed by atoms with Crippen LogP contribution in [0.2, 0.25) is 0 Å². The van der Waals surface area contributed by atoms with E-state index in [0.29, 0.717) is 6.54 Å². The van der Waals surface area contributed by atoms with Gasteiger partial charge < -0.3 is 5.32 Å². The van der Waals surface area contributed by atoms with E-state index in [2.05, 4.69) is 27.3 Å². The molecule has 0 aliphatic rings. The summed E-state index contributed by atoms with van der Waals surface area (Å²) in [5, 5.41) is 7.59. The number of nitrogens with one attached hydrogen (secondary N) is 2. The van der Waals surface area contributed by atoms with E-state index in [0.717, 1.165) is 17.8 Å². The van der Waals surface area contributed by atoms with Gasteiger partial charge in [-0.15, -0.1) is 0 Å². The second-order valence-corrected chi connectivity index (χ2v) is 7.51. The molecule has 0 spiro atoms. The van der Waals surface area contributed by atoms with Gasteiger partial charge in [-0.2, -0.15) is 5.10 Å². The highest BCUT2D eigenvalue weighted by molar-refractivity contribution is 7.89. The summed E-state index contributed by atoms with van der Waals surface area (Å²) in [6.45, 7) is 1.29. The maximum absolute atomic E-state index is 11.9. The molecular weight excluding hydrogens is 336 g/mol. The predicted molar refractivity (Wildman–Crippen MR) is 97.8 cm³/mol. The topological polar surface area (TPSA) is 76.0 Å². The van der Waals surface area contributed by atoms with Crippen molar-refractivity contribution in [2.75, 3.05) is 12.4 Å². The minimum atomic E-state index is -3.44. The fourth-order valence-electron chi connectivity index (χ4n) is 2.45. The highest BCUT2D eigenvalue weighted by atomic mass is 32.2. The summed E-state index contributed by atoms with van der Waals surface area (Å²) in [5.41, 5.74) is 2.96. The highest BCUT2D eigenvalue weighted by Gasteiger charge is 2.11. The summed E-state index contributed by atoms with van der Waals surface area (Å²) in [4.78, 5) is 0.236. The number of hydrogen-bond acceptors (Lipinski definition) is 4. The van der Waals surface area contributed by atoms with Crippen molar-refractivity contribution in [3.05, 3.63) is 78.1 Å². The quantitative estimate of drug-likeness (QED) is 0.682. The molecule has 0 bridgehead atoms. The van der Waals surface area contributed by atoms with Crippen LogP contribution in [0, 0.1) is 0 Å². The number of anilines is 1. The molecule has 0 aliphatic heterocycles. The van der Waals surface area contributed by atoms with Crippen LogP contribution in [0.25, 0.3) is 0 Å². The molecule has 3 rings (SSSR count). The van der Waals surface area contributed by atoms with Gasteiger partial charge in [0.15, 0.2) is 0 Å². The van der Waals surface area contributed by atoms with E-state index in [9.17, 15) is 8.42 Å². The molecular formula is C18H20N4O2S. The molecule has 0 radical (unpaired) electrons. The van der Waals surface area contributed by atoms with Crippen LogP contribution in [0.5, 0.6) is 0 Å². The first-order chi connectivity index (χ1) is 12.1. The lowest BCUT2D eigenvalue weighted by atomic mass is 10.2. The molecule has 0 saturated heterocycles. The average molecular weight is 356 g/mol. The molecule has 0 saturated carbocycles. The number of rotatable bonds is 7. The largest absolute Gasteiger partial charge is 0.381 e. The number of benzene rings is 2. The van der Waals surface area contributed by atoms with E-state index < -0.39 is 10.0 Å². The van der Waals surface area contributed by atoms with Gasteiger partial charge in [0.1, 0.15) is 0 Å². The molecule has 3 aromatic rings. The van der Waals surface area contributed by atoms with Crippen molar-refractivity contribution in [3.8, 4) is 0 Å². The van der Waals surface area contributed by atoms with Crippen LogP contribution in [-0.4, -0.2) is 25.2 Å². The standard InChI is InChI=1S/C18H20N4O2S/c1-19-25(23,24)18-9-5-8-17(10-18)20-11-16-12-21-22(14-16)13-15-6-3-2-4-7-15/h2-10,12,14,19-20H,11,13H2,1H3. The van der Waals surface area contributed by atoms with Crippen molar-refractivity contribution >= 4 is 15.7 Å². The fraction of sp³-hybridized carbons (Fsp3) is 0.167. The molecule has 6 nitrogen and oxygen atoms in total. The highest BCUT2D eigenvalue weighted by Crippen LogP contribution is 2.16. The lowest BCUT2D eigenvalue weighted by molar-refractivity contribution is 0.588. The summed E-state index contributed by atoms with van der Waals surface area (Å²) in [5.74, 6) is 0. The van der Waals surface area contributed by atoms with Crippen LogP contribution in [0.15, 0.2) is 71.9 Å². The molecule has 0 atom stereocenters. The first kappa shape index (κ1) is 17.2.